The number of benzene rings is 1. The fourth-order valence-corrected chi connectivity index (χ4v) is 1.97. The van der Waals surface area contributed by atoms with Crippen LogP contribution in [-0.4, -0.2) is 5.71 Å². The van der Waals surface area contributed by atoms with Gasteiger partial charge in [-0.05, 0) is 42.9 Å². The molecule has 62 valence electrons. The number of fused-ring (bicyclic) bond motifs is 1. The highest BCUT2D eigenvalue weighted by Crippen LogP contribution is 2.25. The van der Waals surface area contributed by atoms with Crippen molar-refractivity contribution in [2.24, 2.45) is 0 Å². The van der Waals surface area contributed by atoms with Gasteiger partial charge in [0.1, 0.15) is 0 Å². The first-order chi connectivity index (χ1) is 5.79. The standard InChI is InChI=1S/C11H13N/c1-8(12)10-6-2-4-9-5-3-7-11(9)10/h2,4,6,12H,3,5,7H2,1H3. The van der Waals surface area contributed by atoms with E-state index in [4.69, 9.17) is 5.41 Å². The minimum Gasteiger partial charge on any atom is -0.305 e. The summed E-state index contributed by atoms with van der Waals surface area (Å²) in [5, 5.41) is 7.60. The van der Waals surface area contributed by atoms with Crippen LogP contribution in [0.5, 0.6) is 0 Å². The lowest BCUT2D eigenvalue weighted by molar-refractivity contribution is 0.911. The molecule has 0 heterocycles. The van der Waals surface area contributed by atoms with Crippen LogP contribution in [0.2, 0.25) is 0 Å². The van der Waals surface area contributed by atoms with E-state index in [9.17, 15) is 0 Å². The second kappa shape index (κ2) is 2.74. The molecule has 0 saturated heterocycles. The molecule has 1 N–H and O–H groups in total. The number of hydrogen-bond donors (Lipinski definition) is 1. The van der Waals surface area contributed by atoms with Crippen LogP contribution < -0.4 is 0 Å². The van der Waals surface area contributed by atoms with E-state index >= 15 is 0 Å². The Kier molecular flexibility index (Phi) is 1.72. The molecular formula is C11H13N. The summed E-state index contributed by atoms with van der Waals surface area (Å²) >= 11 is 0. The van der Waals surface area contributed by atoms with Crippen LogP contribution in [0.1, 0.15) is 30.0 Å². The Hall–Kier alpha value is -1.11. The first kappa shape index (κ1) is 7.53. The summed E-state index contributed by atoms with van der Waals surface area (Å²) in [7, 11) is 0. The van der Waals surface area contributed by atoms with Crippen LogP contribution in [0.4, 0.5) is 0 Å². The van der Waals surface area contributed by atoms with Crippen molar-refractivity contribution in [2.75, 3.05) is 0 Å². The first-order valence-corrected chi connectivity index (χ1v) is 4.45. The fraction of sp³-hybridized carbons (Fsp3) is 0.364. The number of aryl methyl sites for hydroxylation is 1. The van der Waals surface area contributed by atoms with Gasteiger partial charge >= 0.3 is 0 Å². The van der Waals surface area contributed by atoms with E-state index in [-0.39, 0.29) is 0 Å². The van der Waals surface area contributed by atoms with Crippen molar-refractivity contribution in [2.45, 2.75) is 26.2 Å². The molecule has 1 heteroatoms. The fourth-order valence-electron chi connectivity index (χ4n) is 1.97. The molecular weight excluding hydrogens is 146 g/mol. The van der Waals surface area contributed by atoms with Gasteiger partial charge in [0.05, 0.1) is 0 Å². The molecule has 0 atom stereocenters. The van der Waals surface area contributed by atoms with Crippen LogP contribution in [0.15, 0.2) is 18.2 Å². The molecule has 1 aromatic rings. The van der Waals surface area contributed by atoms with Gasteiger partial charge in [-0.2, -0.15) is 0 Å². The Labute approximate surface area is 72.9 Å². The zero-order valence-corrected chi connectivity index (χ0v) is 7.35. The van der Waals surface area contributed by atoms with E-state index in [1.165, 1.54) is 30.4 Å². The monoisotopic (exact) mass is 159 g/mol. The van der Waals surface area contributed by atoms with Crippen molar-refractivity contribution in [3.05, 3.63) is 34.9 Å². The van der Waals surface area contributed by atoms with Gasteiger partial charge in [-0.1, -0.05) is 18.2 Å². The molecule has 12 heavy (non-hydrogen) atoms. The maximum Gasteiger partial charge on any atom is 0.0358 e. The Morgan fingerprint density at radius 3 is 2.92 bits per heavy atom. The van der Waals surface area contributed by atoms with E-state index in [2.05, 4.69) is 18.2 Å². The average Bonchev–Trinajstić information content (AvgIpc) is 2.49. The molecule has 0 fully saturated rings. The molecule has 0 aliphatic heterocycles. The van der Waals surface area contributed by atoms with Gasteiger partial charge in [-0.3, -0.25) is 0 Å². The Morgan fingerprint density at radius 2 is 2.17 bits per heavy atom. The van der Waals surface area contributed by atoms with Gasteiger partial charge in [-0.15, -0.1) is 0 Å². The lowest BCUT2D eigenvalue weighted by Crippen LogP contribution is -1.98. The Bertz CT molecular complexity index is 326. The number of nitrogens with one attached hydrogen (secondary N) is 1. The summed E-state index contributed by atoms with van der Waals surface area (Å²) in [6.07, 6.45) is 3.64. The Balaban J connectivity index is 2.56. The summed E-state index contributed by atoms with van der Waals surface area (Å²) in [5.41, 5.74) is 4.74. The average molecular weight is 159 g/mol. The lowest BCUT2D eigenvalue weighted by atomic mass is 10.0. The lowest BCUT2D eigenvalue weighted by Gasteiger charge is -2.05. The number of rotatable bonds is 1. The third-order valence-corrected chi connectivity index (χ3v) is 2.55. The molecule has 0 spiro atoms. The first-order valence-electron chi connectivity index (χ1n) is 4.45. The van der Waals surface area contributed by atoms with Crippen molar-refractivity contribution >= 4 is 5.71 Å². The van der Waals surface area contributed by atoms with Crippen molar-refractivity contribution in [1.29, 1.82) is 5.41 Å². The molecule has 1 aliphatic carbocycles. The minimum absolute atomic E-state index is 0.703. The molecule has 0 amide bonds. The second-order valence-electron chi connectivity index (χ2n) is 3.42. The van der Waals surface area contributed by atoms with Gasteiger partial charge in [-0.25, -0.2) is 0 Å². The topological polar surface area (TPSA) is 23.9 Å². The molecule has 0 bridgehead atoms. The van der Waals surface area contributed by atoms with Gasteiger partial charge in [0, 0.05) is 5.71 Å². The molecule has 1 aromatic carbocycles. The highest BCUT2D eigenvalue weighted by molar-refractivity contribution is 5.98. The molecule has 0 aromatic heterocycles. The molecule has 0 unspecified atom stereocenters. The smallest absolute Gasteiger partial charge is 0.0358 e. The second-order valence-corrected chi connectivity index (χ2v) is 3.42. The normalized spacial score (nSPS) is 14.4. The van der Waals surface area contributed by atoms with E-state index in [1.54, 1.807) is 0 Å². The predicted octanol–water partition coefficient (Wildman–Crippen LogP) is 2.56. The zero-order chi connectivity index (χ0) is 8.55. The summed E-state index contributed by atoms with van der Waals surface area (Å²) < 4.78 is 0. The van der Waals surface area contributed by atoms with Crippen LogP contribution in [0, 0.1) is 5.41 Å². The van der Waals surface area contributed by atoms with Crippen molar-refractivity contribution in [3.8, 4) is 0 Å². The van der Waals surface area contributed by atoms with E-state index in [0.717, 1.165) is 5.56 Å². The van der Waals surface area contributed by atoms with Crippen molar-refractivity contribution < 1.29 is 0 Å². The van der Waals surface area contributed by atoms with Crippen LogP contribution >= 0.6 is 0 Å². The largest absolute Gasteiger partial charge is 0.305 e. The summed E-state index contributed by atoms with van der Waals surface area (Å²) in [5.74, 6) is 0. The predicted molar refractivity (Wildman–Crippen MR) is 51.0 cm³/mol. The van der Waals surface area contributed by atoms with E-state index in [0.29, 0.717) is 5.71 Å². The highest BCUT2D eigenvalue weighted by atomic mass is 14.4. The van der Waals surface area contributed by atoms with Gasteiger partial charge in [0.15, 0.2) is 0 Å². The zero-order valence-electron chi connectivity index (χ0n) is 7.35. The summed E-state index contributed by atoms with van der Waals surface area (Å²) in [4.78, 5) is 0. The highest BCUT2D eigenvalue weighted by Gasteiger charge is 2.14. The molecule has 0 saturated carbocycles. The maximum absolute atomic E-state index is 7.60. The summed E-state index contributed by atoms with van der Waals surface area (Å²) in [6.45, 7) is 1.87. The van der Waals surface area contributed by atoms with Gasteiger partial charge < -0.3 is 5.41 Å². The van der Waals surface area contributed by atoms with Crippen LogP contribution in [0.3, 0.4) is 0 Å². The third kappa shape index (κ3) is 1.06. The van der Waals surface area contributed by atoms with Crippen LogP contribution in [-0.2, 0) is 12.8 Å². The minimum atomic E-state index is 0.703. The molecule has 1 aliphatic rings. The van der Waals surface area contributed by atoms with E-state index < -0.39 is 0 Å². The van der Waals surface area contributed by atoms with E-state index in [1.807, 2.05) is 6.92 Å². The van der Waals surface area contributed by atoms with Gasteiger partial charge in [0.2, 0.25) is 0 Å². The third-order valence-electron chi connectivity index (χ3n) is 2.55. The van der Waals surface area contributed by atoms with Crippen molar-refractivity contribution in [3.63, 3.8) is 0 Å². The maximum atomic E-state index is 7.60. The molecule has 0 radical (unpaired) electrons. The van der Waals surface area contributed by atoms with Gasteiger partial charge in [0.25, 0.3) is 0 Å². The quantitative estimate of drug-likeness (QED) is 0.609. The summed E-state index contributed by atoms with van der Waals surface area (Å²) in [6, 6.07) is 6.32. The number of hydrogen-bond acceptors (Lipinski definition) is 1. The Morgan fingerprint density at radius 1 is 1.33 bits per heavy atom. The SMILES string of the molecule is CC(=N)c1cccc2c1CCC2. The van der Waals surface area contributed by atoms with Crippen molar-refractivity contribution in [1.82, 2.24) is 0 Å². The molecule has 2 rings (SSSR count). The van der Waals surface area contributed by atoms with Crippen LogP contribution in [0.25, 0.3) is 0 Å². The molecule has 1 nitrogen and oxygen atoms in total.